The Balaban J connectivity index is 1.91. The highest BCUT2D eigenvalue weighted by Crippen LogP contribution is 2.25. The summed E-state index contributed by atoms with van der Waals surface area (Å²) in [5, 5.41) is 9.35. The molecule has 1 aromatic heterocycles. The number of hydrogen-bond donors (Lipinski definition) is 5. The summed E-state index contributed by atoms with van der Waals surface area (Å²) in [6.45, 7) is 3.81. The summed E-state index contributed by atoms with van der Waals surface area (Å²) in [6.07, 6.45) is 0. The van der Waals surface area contributed by atoms with E-state index in [0.29, 0.717) is 22.9 Å². The van der Waals surface area contributed by atoms with Gasteiger partial charge in [-0.25, -0.2) is 0 Å². The molecule has 0 bridgehead atoms. The summed E-state index contributed by atoms with van der Waals surface area (Å²) in [5.74, 6) is 0.196. The third kappa shape index (κ3) is 5.92. The monoisotopic (exact) mass is 419 g/mol. The van der Waals surface area contributed by atoms with Gasteiger partial charge < -0.3 is 27.4 Å². The summed E-state index contributed by atoms with van der Waals surface area (Å²) in [5.41, 5.74) is 13.7. The molecule has 1 heterocycles. The topological polar surface area (TPSA) is 148 Å². The molecule has 160 valence electrons. The van der Waals surface area contributed by atoms with Crippen LogP contribution in [0.15, 0.2) is 54.6 Å². The number of anilines is 4. The summed E-state index contributed by atoms with van der Waals surface area (Å²) < 4.78 is 0. The number of nitrogens with zero attached hydrogens (tertiary/aromatic N) is 2. The number of aromatic nitrogens is 2. The van der Waals surface area contributed by atoms with Crippen molar-refractivity contribution >= 4 is 35.1 Å². The number of hydrogen-bond acceptors (Lipinski definition) is 7. The van der Waals surface area contributed by atoms with E-state index in [9.17, 15) is 9.59 Å². The predicted molar refractivity (Wildman–Crippen MR) is 121 cm³/mol. The van der Waals surface area contributed by atoms with E-state index in [1.165, 1.54) is 0 Å². The lowest BCUT2D eigenvalue weighted by molar-refractivity contribution is -0.116. The van der Waals surface area contributed by atoms with E-state index in [-0.39, 0.29) is 18.5 Å². The van der Waals surface area contributed by atoms with Crippen molar-refractivity contribution in [3.63, 3.8) is 0 Å². The van der Waals surface area contributed by atoms with E-state index in [1.807, 2.05) is 44.2 Å². The van der Waals surface area contributed by atoms with Crippen molar-refractivity contribution in [2.45, 2.75) is 19.9 Å². The molecule has 2 aromatic carbocycles. The van der Waals surface area contributed by atoms with E-state index in [4.69, 9.17) is 11.5 Å². The third-order valence-electron chi connectivity index (χ3n) is 4.60. The van der Waals surface area contributed by atoms with Gasteiger partial charge in [-0.2, -0.15) is 9.97 Å². The number of rotatable bonds is 9. The summed E-state index contributed by atoms with van der Waals surface area (Å²) in [4.78, 5) is 31.5. The quantitative estimate of drug-likeness (QED) is 0.358. The van der Waals surface area contributed by atoms with Gasteiger partial charge in [-0.3, -0.25) is 9.59 Å². The lowest BCUT2D eigenvalue weighted by Crippen LogP contribution is -2.23. The van der Waals surface area contributed by atoms with Crippen LogP contribution in [0.4, 0.5) is 23.3 Å². The van der Waals surface area contributed by atoms with Crippen molar-refractivity contribution < 1.29 is 9.59 Å². The largest absolute Gasteiger partial charge is 0.368 e. The minimum absolute atomic E-state index is 0.0205. The first-order valence-electron chi connectivity index (χ1n) is 9.72. The zero-order valence-corrected chi connectivity index (χ0v) is 17.3. The second-order valence-electron chi connectivity index (χ2n) is 7.08. The van der Waals surface area contributed by atoms with E-state index in [2.05, 4.69) is 25.9 Å². The van der Waals surface area contributed by atoms with Crippen LogP contribution in [0.3, 0.4) is 0 Å². The lowest BCUT2D eigenvalue weighted by atomic mass is 10.1. The van der Waals surface area contributed by atoms with Crippen molar-refractivity contribution in [3.05, 3.63) is 71.3 Å². The van der Waals surface area contributed by atoms with Crippen molar-refractivity contribution in [2.24, 2.45) is 11.5 Å². The van der Waals surface area contributed by atoms with Gasteiger partial charge in [0.25, 0.3) is 0 Å². The van der Waals surface area contributed by atoms with E-state index in [0.717, 1.165) is 11.1 Å². The Labute approximate surface area is 180 Å². The first-order chi connectivity index (χ1) is 14.8. The summed E-state index contributed by atoms with van der Waals surface area (Å²) >= 11 is 0. The average molecular weight is 419 g/mol. The number of benzene rings is 2. The van der Waals surface area contributed by atoms with Crippen LogP contribution in [-0.4, -0.2) is 28.3 Å². The van der Waals surface area contributed by atoms with Crippen LogP contribution in [0.1, 0.15) is 34.5 Å². The zero-order chi connectivity index (χ0) is 22.4. The molecule has 0 spiro atoms. The van der Waals surface area contributed by atoms with Gasteiger partial charge in [-0.15, -0.1) is 0 Å². The number of amides is 2. The van der Waals surface area contributed by atoms with Crippen molar-refractivity contribution in [2.75, 3.05) is 22.5 Å². The van der Waals surface area contributed by atoms with Gasteiger partial charge in [0.1, 0.15) is 11.6 Å². The highest BCUT2D eigenvalue weighted by atomic mass is 16.1. The van der Waals surface area contributed by atoms with E-state index in [1.54, 1.807) is 24.3 Å². The number of nitrogens with two attached hydrogens (primary N) is 2. The minimum Gasteiger partial charge on any atom is -0.368 e. The second kappa shape index (κ2) is 9.57. The van der Waals surface area contributed by atoms with Gasteiger partial charge in [0.2, 0.25) is 17.8 Å². The van der Waals surface area contributed by atoms with Gasteiger partial charge >= 0.3 is 0 Å². The van der Waals surface area contributed by atoms with Crippen LogP contribution in [0.5, 0.6) is 0 Å². The van der Waals surface area contributed by atoms with Crippen molar-refractivity contribution in [1.82, 2.24) is 9.97 Å². The van der Waals surface area contributed by atoms with Gasteiger partial charge in [0, 0.05) is 23.4 Å². The number of carbonyl (C=O) groups excluding carboxylic acids is 2. The molecule has 3 rings (SSSR count). The predicted octanol–water partition coefficient (Wildman–Crippen LogP) is 2.70. The molecule has 1 atom stereocenters. The number of nitrogens with one attached hydrogen (secondary N) is 3. The zero-order valence-electron chi connectivity index (χ0n) is 17.3. The Bertz CT molecular complexity index is 1090. The summed E-state index contributed by atoms with van der Waals surface area (Å²) in [6, 6.07) is 16.8. The molecule has 0 saturated carbocycles. The third-order valence-corrected chi connectivity index (χ3v) is 4.60. The molecule has 9 heteroatoms. The van der Waals surface area contributed by atoms with Crippen LogP contribution >= 0.6 is 0 Å². The molecule has 1 unspecified atom stereocenters. The number of carbonyl (C=O) groups is 2. The maximum absolute atomic E-state index is 11.5. The Hall–Kier alpha value is -4.14. The Kier molecular flexibility index (Phi) is 6.66. The van der Waals surface area contributed by atoms with Crippen LogP contribution in [0.25, 0.3) is 0 Å². The van der Waals surface area contributed by atoms with Crippen LogP contribution in [0, 0.1) is 6.92 Å². The molecule has 0 fully saturated rings. The summed E-state index contributed by atoms with van der Waals surface area (Å²) in [7, 11) is 0. The number of primary amides is 2. The maximum Gasteiger partial charge on any atom is 0.248 e. The normalized spacial score (nSPS) is 11.4. The molecule has 0 aliphatic heterocycles. The fourth-order valence-electron chi connectivity index (χ4n) is 2.93. The van der Waals surface area contributed by atoms with E-state index >= 15 is 0 Å². The van der Waals surface area contributed by atoms with Gasteiger partial charge in [-0.1, -0.05) is 36.4 Å². The molecule has 3 aromatic rings. The molecule has 9 nitrogen and oxygen atoms in total. The maximum atomic E-state index is 11.5. The first kappa shape index (κ1) is 21.6. The van der Waals surface area contributed by atoms with Crippen LogP contribution in [-0.2, 0) is 4.79 Å². The Morgan fingerprint density at radius 3 is 2.39 bits per heavy atom. The Morgan fingerprint density at radius 2 is 1.71 bits per heavy atom. The minimum atomic E-state index is -0.529. The molecule has 0 aliphatic carbocycles. The van der Waals surface area contributed by atoms with E-state index < -0.39 is 11.8 Å². The molecular formula is C22H25N7O2. The molecule has 7 N–H and O–H groups in total. The van der Waals surface area contributed by atoms with Gasteiger partial charge in [0.15, 0.2) is 0 Å². The highest BCUT2D eigenvalue weighted by Gasteiger charge is 2.12. The fraction of sp³-hybridized carbons (Fsp3) is 0.182. The first-order valence-corrected chi connectivity index (χ1v) is 9.72. The standard InChI is InChI=1S/C22H25N7O2/c1-13-8-9-16(21(24)31)10-17(13)27-20-11-19(28-22(29-20)25-12-18(23)30)26-14(2)15-6-4-3-5-7-15/h3-11,14H,12H2,1-2H3,(H2,23,30)(H2,24,31)(H3,25,26,27,28,29). The smallest absolute Gasteiger partial charge is 0.248 e. The molecule has 0 aliphatic rings. The SMILES string of the molecule is Cc1ccc(C(N)=O)cc1Nc1cc(NC(C)c2ccccc2)nc(NCC(N)=O)n1. The second-order valence-corrected chi connectivity index (χ2v) is 7.08. The van der Waals surface area contributed by atoms with Gasteiger partial charge in [0.05, 0.1) is 6.54 Å². The van der Waals surface area contributed by atoms with Crippen molar-refractivity contribution in [3.8, 4) is 0 Å². The Morgan fingerprint density at radius 1 is 1.00 bits per heavy atom. The lowest BCUT2D eigenvalue weighted by Gasteiger charge is -2.17. The molecule has 0 saturated heterocycles. The molecule has 2 amide bonds. The van der Waals surface area contributed by atoms with Crippen LogP contribution < -0.4 is 27.4 Å². The molecule has 0 radical (unpaired) electrons. The van der Waals surface area contributed by atoms with Crippen LogP contribution in [0.2, 0.25) is 0 Å². The van der Waals surface area contributed by atoms with Crippen molar-refractivity contribution in [1.29, 1.82) is 0 Å². The number of aryl methyl sites for hydroxylation is 1. The molecular weight excluding hydrogens is 394 g/mol. The average Bonchev–Trinajstić information content (AvgIpc) is 2.74. The fourth-order valence-corrected chi connectivity index (χ4v) is 2.93. The molecule has 31 heavy (non-hydrogen) atoms. The van der Waals surface area contributed by atoms with Gasteiger partial charge in [-0.05, 0) is 37.1 Å². The highest BCUT2D eigenvalue weighted by molar-refractivity contribution is 5.94.